The van der Waals surface area contributed by atoms with E-state index >= 15 is 0 Å². The average molecular weight is 271 g/mol. The van der Waals surface area contributed by atoms with E-state index in [0.29, 0.717) is 15.8 Å². The van der Waals surface area contributed by atoms with Crippen LogP contribution in [0.1, 0.15) is 30.6 Å². The van der Waals surface area contributed by atoms with Crippen LogP contribution in [0.5, 0.6) is 0 Å². The van der Waals surface area contributed by atoms with Crippen molar-refractivity contribution in [2.45, 2.75) is 36.5 Å². The van der Waals surface area contributed by atoms with Gasteiger partial charge in [0.1, 0.15) is 0 Å². The molecule has 1 heterocycles. The lowest BCUT2D eigenvalue weighted by atomic mass is 10.1. The van der Waals surface area contributed by atoms with Gasteiger partial charge in [0.05, 0.1) is 11.1 Å². The third-order valence-electron chi connectivity index (χ3n) is 2.91. The van der Waals surface area contributed by atoms with Crippen molar-refractivity contribution in [1.29, 1.82) is 0 Å². The fourth-order valence-corrected chi connectivity index (χ4v) is 3.44. The predicted molar refractivity (Wildman–Crippen MR) is 71.1 cm³/mol. The maximum Gasteiger partial charge on any atom is 0.161 e. The summed E-state index contributed by atoms with van der Waals surface area (Å²) in [6, 6.07) is 5.62. The third-order valence-corrected chi connectivity index (χ3v) is 4.67. The molecule has 4 heteroatoms. The molecule has 0 radical (unpaired) electrons. The van der Waals surface area contributed by atoms with E-state index in [1.165, 1.54) is 6.92 Å². The summed E-state index contributed by atoms with van der Waals surface area (Å²) >= 11 is 7.85. The Hall–Kier alpha value is -0.510. The van der Waals surface area contributed by atoms with Crippen molar-refractivity contribution >= 4 is 29.1 Å². The van der Waals surface area contributed by atoms with Crippen molar-refractivity contribution in [3.63, 3.8) is 0 Å². The van der Waals surface area contributed by atoms with Crippen molar-refractivity contribution in [2.24, 2.45) is 0 Å². The van der Waals surface area contributed by atoms with Crippen LogP contribution in [0.15, 0.2) is 23.1 Å². The average Bonchev–Trinajstić information content (AvgIpc) is 2.64. The van der Waals surface area contributed by atoms with Gasteiger partial charge in [0.2, 0.25) is 0 Å². The zero-order valence-corrected chi connectivity index (χ0v) is 11.5. The largest absolute Gasteiger partial charge is 0.377 e. The number of hydrogen-bond acceptors (Lipinski definition) is 3. The molecular weight excluding hydrogens is 256 g/mol. The summed E-state index contributed by atoms with van der Waals surface area (Å²) in [7, 11) is 0. The monoisotopic (exact) mass is 270 g/mol. The lowest BCUT2D eigenvalue weighted by molar-refractivity contribution is 0.101. The van der Waals surface area contributed by atoms with E-state index in [1.54, 1.807) is 17.8 Å². The number of benzene rings is 1. The summed E-state index contributed by atoms with van der Waals surface area (Å²) in [5, 5.41) is 1.02. The Kier molecular flexibility index (Phi) is 4.13. The van der Waals surface area contributed by atoms with Crippen LogP contribution in [0.3, 0.4) is 0 Å². The first-order chi connectivity index (χ1) is 8.08. The molecule has 1 aliphatic heterocycles. The zero-order chi connectivity index (χ0) is 12.4. The van der Waals surface area contributed by atoms with Crippen LogP contribution in [0, 0.1) is 0 Å². The third kappa shape index (κ3) is 3.03. The van der Waals surface area contributed by atoms with Gasteiger partial charge in [0.15, 0.2) is 5.78 Å². The molecule has 0 aliphatic carbocycles. The van der Waals surface area contributed by atoms with Crippen LogP contribution in [0.25, 0.3) is 0 Å². The number of ketones is 1. The second-order valence-corrected chi connectivity index (χ2v) is 5.94. The maximum atomic E-state index is 11.3. The Morgan fingerprint density at radius 1 is 1.53 bits per heavy atom. The van der Waals surface area contributed by atoms with Gasteiger partial charge in [-0.2, -0.15) is 0 Å². The van der Waals surface area contributed by atoms with Crippen molar-refractivity contribution in [2.75, 3.05) is 6.61 Å². The topological polar surface area (TPSA) is 26.3 Å². The minimum atomic E-state index is 0.00381. The van der Waals surface area contributed by atoms with Gasteiger partial charge in [-0.05, 0) is 38.5 Å². The Morgan fingerprint density at radius 2 is 2.29 bits per heavy atom. The van der Waals surface area contributed by atoms with Gasteiger partial charge in [-0.15, -0.1) is 11.8 Å². The first-order valence-electron chi connectivity index (χ1n) is 5.66. The first kappa shape index (κ1) is 12.9. The SMILES string of the molecule is CC(=O)c1ccc(SC2CCOC2C)cc1Cl. The summed E-state index contributed by atoms with van der Waals surface area (Å²) < 4.78 is 5.52. The molecule has 1 fully saturated rings. The molecule has 2 nitrogen and oxygen atoms in total. The van der Waals surface area contributed by atoms with Crippen molar-refractivity contribution < 1.29 is 9.53 Å². The number of carbonyl (C=O) groups is 1. The van der Waals surface area contributed by atoms with Crippen LogP contribution in [0.2, 0.25) is 5.02 Å². The maximum absolute atomic E-state index is 11.3. The molecule has 0 N–H and O–H groups in total. The molecule has 0 bridgehead atoms. The van der Waals surface area contributed by atoms with Crippen LogP contribution >= 0.6 is 23.4 Å². The standard InChI is InChI=1S/C13H15ClO2S/c1-8(15)11-4-3-10(7-12(11)14)17-13-5-6-16-9(13)2/h3-4,7,9,13H,5-6H2,1-2H3. The number of hydrogen-bond donors (Lipinski definition) is 0. The lowest BCUT2D eigenvalue weighted by Crippen LogP contribution is -2.12. The van der Waals surface area contributed by atoms with Gasteiger partial charge in [0.25, 0.3) is 0 Å². The minimum Gasteiger partial charge on any atom is -0.377 e. The molecule has 2 atom stereocenters. The Morgan fingerprint density at radius 3 is 2.82 bits per heavy atom. The number of halogens is 1. The number of thioether (sulfide) groups is 1. The van der Waals surface area contributed by atoms with E-state index in [4.69, 9.17) is 16.3 Å². The van der Waals surface area contributed by atoms with E-state index in [1.807, 2.05) is 12.1 Å². The molecule has 1 aromatic carbocycles. The molecule has 92 valence electrons. The minimum absolute atomic E-state index is 0.00381. The molecule has 1 saturated heterocycles. The fourth-order valence-electron chi connectivity index (χ4n) is 1.90. The molecule has 0 amide bonds. The molecular formula is C13H15ClO2S. The lowest BCUT2D eigenvalue weighted by Gasteiger charge is -2.14. The molecule has 0 spiro atoms. The van der Waals surface area contributed by atoms with E-state index in [2.05, 4.69) is 6.92 Å². The van der Waals surface area contributed by atoms with Crippen LogP contribution in [-0.2, 0) is 4.74 Å². The summed E-state index contributed by atoms with van der Waals surface area (Å²) in [6.45, 7) is 4.45. The van der Waals surface area contributed by atoms with E-state index in [0.717, 1.165) is 17.9 Å². The van der Waals surface area contributed by atoms with Crippen LogP contribution in [-0.4, -0.2) is 23.7 Å². The predicted octanol–water partition coefficient (Wildman–Crippen LogP) is 3.81. The summed E-state index contributed by atoms with van der Waals surface area (Å²) in [5.74, 6) is 0.00381. The second kappa shape index (κ2) is 5.42. The zero-order valence-electron chi connectivity index (χ0n) is 9.90. The highest BCUT2D eigenvalue weighted by molar-refractivity contribution is 8.00. The quantitative estimate of drug-likeness (QED) is 0.781. The summed E-state index contributed by atoms with van der Waals surface area (Å²) in [4.78, 5) is 12.4. The molecule has 0 aromatic heterocycles. The van der Waals surface area contributed by atoms with Crippen molar-refractivity contribution in [3.8, 4) is 0 Å². The van der Waals surface area contributed by atoms with Crippen LogP contribution < -0.4 is 0 Å². The van der Waals surface area contributed by atoms with E-state index in [-0.39, 0.29) is 11.9 Å². The van der Waals surface area contributed by atoms with Gasteiger partial charge >= 0.3 is 0 Å². The smallest absolute Gasteiger partial charge is 0.161 e. The first-order valence-corrected chi connectivity index (χ1v) is 6.92. The molecule has 2 unspecified atom stereocenters. The Labute approximate surface area is 111 Å². The molecule has 2 rings (SSSR count). The molecule has 17 heavy (non-hydrogen) atoms. The Bertz CT molecular complexity index is 433. The highest BCUT2D eigenvalue weighted by Gasteiger charge is 2.25. The number of Topliss-reactive ketones (excluding diaryl/α,β-unsaturated/α-hetero) is 1. The summed E-state index contributed by atoms with van der Waals surface area (Å²) in [6.07, 6.45) is 1.35. The highest BCUT2D eigenvalue weighted by atomic mass is 35.5. The Balaban J connectivity index is 2.12. The van der Waals surface area contributed by atoms with Gasteiger partial charge in [-0.3, -0.25) is 4.79 Å². The van der Waals surface area contributed by atoms with Gasteiger partial charge < -0.3 is 4.74 Å². The van der Waals surface area contributed by atoms with Crippen LogP contribution in [0.4, 0.5) is 0 Å². The molecule has 0 saturated carbocycles. The summed E-state index contributed by atoms with van der Waals surface area (Å²) in [5.41, 5.74) is 0.590. The molecule has 1 aliphatic rings. The van der Waals surface area contributed by atoms with Crippen molar-refractivity contribution in [3.05, 3.63) is 28.8 Å². The fraction of sp³-hybridized carbons (Fsp3) is 0.462. The number of ether oxygens (including phenoxy) is 1. The van der Waals surface area contributed by atoms with Gasteiger partial charge in [-0.25, -0.2) is 0 Å². The normalized spacial score (nSPS) is 23.9. The molecule has 1 aromatic rings. The van der Waals surface area contributed by atoms with E-state index in [9.17, 15) is 4.79 Å². The number of carbonyl (C=O) groups excluding carboxylic acids is 1. The highest BCUT2D eigenvalue weighted by Crippen LogP contribution is 2.34. The van der Waals surface area contributed by atoms with Gasteiger partial charge in [-0.1, -0.05) is 11.6 Å². The van der Waals surface area contributed by atoms with Gasteiger partial charge in [0, 0.05) is 22.3 Å². The number of rotatable bonds is 3. The van der Waals surface area contributed by atoms with E-state index < -0.39 is 0 Å². The van der Waals surface area contributed by atoms with Crippen molar-refractivity contribution in [1.82, 2.24) is 0 Å². The second-order valence-electron chi connectivity index (χ2n) is 4.22.